The molecule has 0 fully saturated rings. The van der Waals surface area contributed by atoms with Crippen molar-refractivity contribution in [1.29, 1.82) is 0 Å². The molecule has 1 aromatic rings. The van der Waals surface area contributed by atoms with Crippen LogP contribution in [0.2, 0.25) is 0 Å². The fourth-order valence-electron chi connectivity index (χ4n) is 1.17. The van der Waals surface area contributed by atoms with E-state index < -0.39 is 5.76 Å². The maximum atomic E-state index is 11.3. The summed E-state index contributed by atoms with van der Waals surface area (Å²) in [4.78, 5) is 24.2. The first-order valence-electron chi connectivity index (χ1n) is 4.56. The summed E-state index contributed by atoms with van der Waals surface area (Å²) >= 11 is 0. The average Bonchev–Trinajstić information content (AvgIpc) is 2.16. The Labute approximate surface area is 81.6 Å². The highest BCUT2D eigenvalue weighted by Gasteiger charge is 2.08. The molecule has 0 saturated carbocycles. The molecular formula is C9H14N2O3. The summed E-state index contributed by atoms with van der Waals surface area (Å²) in [6, 6.07) is 1.33. The Balaban J connectivity index is 3.25. The normalized spacial score (nSPS) is 10.2. The first-order valence-corrected chi connectivity index (χ1v) is 4.56. The van der Waals surface area contributed by atoms with Crippen molar-refractivity contribution < 1.29 is 4.42 Å². The van der Waals surface area contributed by atoms with Crippen molar-refractivity contribution in [3.63, 3.8) is 0 Å². The number of rotatable bonds is 3. The van der Waals surface area contributed by atoms with Crippen LogP contribution in [0.3, 0.4) is 0 Å². The van der Waals surface area contributed by atoms with E-state index >= 15 is 0 Å². The second kappa shape index (κ2) is 4.13. The standard InChI is InChI=1S/C9H14N2O3/c1-4-11(5-2)8-6-7(12)10(3)9(13)14-8/h6H,4-5H2,1-3H3. The van der Waals surface area contributed by atoms with E-state index in [9.17, 15) is 9.59 Å². The van der Waals surface area contributed by atoms with Crippen LogP contribution in [0.5, 0.6) is 0 Å². The quantitative estimate of drug-likeness (QED) is 0.695. The lowest BCUT2D eigenvalue weighted by Crippen LogP contribution is -2.32. The van der Waals surface area contributed by atoms with Crippen LogP contribution in [0.1, 0.15) is 13.8 Å². The van der Waals surface area contributed by atoms with Crippen molar-refractivity contribution in [2.24, 2.45) is 7.05 Å². The molecule has 0 unspecified atom stereocenters. The third kappa shape index (κ3) is 1.86. The van der Waals surface area contributed by atoms with Crippen molar-refractivity contribution in [2.45, 2.75) is 13.8 Å². The molecule has 14 heavy (non-hydrogen) atoms. The van der Waals surface area contributed by atoms with E-state index in [-0.39, 0.29) is 5.56 Å². The Kier molecular flexibility index (Phi) is 3.11. The van der Waals surface area contributed by atoms with E-state index in [1.54, 1.807) is 0 Å². The molecule has 1 heterocycles. The Morgan fingerprint density at radius 1 is 1.36 bits per heavy atom. The lowest BCUT2D eigenvalue weighted by Gasteiger charge is -2.17. The smallest absolute Gasteiger partial charge is 0.393 e. The van der Waals surface area contributed by atoms with Crippen LogP contribution >= 0.6 is 0 Å². The van der Waals surface area contributed by atoms with E-state index in [4.69, 9.17) is 4.42 Å². The van der Waals surface area contributed by atoms with Gasteiger partial charge in [-0.05, 0) is 13.8 Å². The van der Waals surface area contributed by atoms with Crippen LogP contribution in [0.25, 0.3) is 0 Å². The van der Waals surface area contributed by atoms with Gasteiger partial charge in [-0.25, -0.2) is 9.36 Å². The van der Waals surface area contributed by atoms with Gasteiger partial charge in [-0.2, -0.15) is 0 Å². The highest BCUT2D eigenvalue weighted by molar-refractivity contribution is 5.32. The van der Waals surface area contributed by atoms with Gasteiger partial charge in [0, 0.05) is 20.1 Å². The number of hydrogen-bond acceptors (Lipinski definition) is 4. The zero-order chi connectivity index (χ0) is 10.7. The van der Waals surface area contributed by atoms with Crippen LogP contribution in [-0.2, 0) is 7.05 Å². The summed E-state index contributed by atoms with van der Waals surface area (Å²) in [7, 11) is 1.39. The first kappa shape index (κ1) is 10.6. The summed E-state index contributed by atoms with van der Waals surface area (Å²) in [6.45, 7) is 5.27. The van der Waals surface area contributed by atoms with Gasteiger partial charge in [0.25, 0.3) is 5.56 Å². The molecule has 0 aliphatic carbocycles. The lowest BCUT2D eigenvalue weighted by atomic mass is 10.5. The number of anilines is 1. The number of aromatic nitrogens is 1. The van der Waals surface area contributed by atoms with Gasteiger partial charge in [0.1, 0.15) is 0 Å². The Hall–Kier alpha value is -1.52. The van der Waals surface area contributed by atoms with E-state index in [1.807, 2.05) is 18.7 Å². The molecule has 1 aromatic heterocycles. The molecule has 0 saturated heterocycles. The average molecular weight is 198 g/mol. The molecule has 0 spiro atoms. The molecule has 0 atom stereocenters. The summed E-state index contributed by atoms with van der Waals surface area (Å²) in [5.74, 6) is -0.289. The summed E-state index contributed by atoms with van der Waals surface area (Å²) in [6.07, 6.45) is 0. The van der Waals surface area contributed by atoms with Crippen molar-refractivity contribution in [3.05, 3.63) is 27.0 Å². The first-order chi connectivity index (χ1) is 6.60. The molecular weight excluding hydrogens is 184 g/mol. The predicted molar refractivity (Wildman–Crippen MR) is 53.8 cm³/mol. The predicted octanol–water partition coefficient (Wildman–Crippen LogP) is 0.185. The van der Waals surface area contributed by atoms with Gasteiger partial charge in [-0.3, -0.25) is 4.79 Å². The van der Waals surface area contributed by atoms with Crippen LogP contribution in [0, 0.1) is 0 Å². The van der Waals surface area contributed by atoms with Gasteiger partial charge in [-0.15, -0.1) is 0 Å². The van der Waals surface area contributed by atoms with E-state index in [1.165, 1.54) is 13.1 Å². The van der Waals surface area contributed by atoms with Gasteiger partial charge < -0.3 is 9.32 Å². The topological polar surface area (TPSA) is 55.5 Å². The van der Waals surface area contributed by atoms with Crippen LogP contribution < -0.4 is 16.2 Å². The van der Waals surface area contributed by atoms with E-state index in [0.29, 0.717) is 19.0 Å². The number of hydrogen-bond donors (Lipinski definition) is 0. The fraction of sp³-hybridized carbons (Fsp3) is 0.556. The molecule has 0 aromatic carbocycles. The maximum Gasteiger partial charge on any atom is 0.423 e. The Bertz CT molecular complexity index is 384. The molecule has 5 heteroatoms. The van der Waals surface area contributed by atoms with Gasteiger partial charge in [-0.1, -0.05) is 0 Å². The van der Waals surface area contributed by atoms with Crippen LogP contribution in [-0.4, -0.2) is 17.7 Å². The van der Waals surface area contributed by atoms with Crippen LogP contribution in [0.4, 0.5) is 5.88 Å². The zero-order valence-electron chi connectivity index (χ0n) is 8.61. The van der Waals surface area contributed by atoms with Gasteiger partial charge in [0.15, 0.2) is 0 Å². The van der Waals surface area contributed by atoms with E-state index in [2.05, 4.69) is 0 Å². The second-order valence-electron chi connectivity index (χ2n) is 2.92. The lowest BCUT2D eigenvalue weighted by molar-refractivity contribution is 0.438. The minimum absolute atomic E-state index is 0.336. The minimum atomic E-state index is -0.626. The Morgan fingerprint density at radius 2 is 1.93 bits per heavy atom. The summed E-state index contributed by atoms with van der Waals surface area (Å²) in [5, 5.41) is 0. The molecule has 5 nitrogen and oxygen atoms in total. The molecule has 0 amide bonds. The molecule has 0 aliphatic rings. The molecule has 0 aliphatic heterocycles. The Morgan fingerprint density at radius 3 is 2.36 bits per heavy atom. The summed E-state index contributed by atoms with van der Waals surface area (Å²) < 4.78 is 5.90. The third-order valence-electron chi connectivity index (χ3n) is 2.12. The van der Waals surface area contributed by atoms with Crippen molar-refractivity contribution in [2.75, 3.05) is 18.0 Å². The van der Waals surface area contributed by atoms with Gasteiger partial charge in [0.05, 0.1) is 6.07 Å². The highest BCUT2D eigenvalue weighted by Crippen LogP contribution is 2.06. The second-order valence-corrected chi connectivity index (χ2v) is 2.92. The van der Waals surface area contributed by atoms with Crippen molar-refractivity contribution in [3.8, 4) is 0 Å². The monoisotopic (exact) mass is 198 g/mol. The van der Waals surface area contributed by atoms with E-state index in [0.717, 1.165) is 4.57 Å². The number of nitrogens with zero attached hydrogens (tertiary/aromatic N) is 2. The molecule has 0 radical (unpaired) electrons. The zero-order valence-corrected chi connectivity index (χ0v) is 8.61. The fourth-order valence-corrected chi connectivity index (χ4v) is 1.17. The maximum absolute atomic E-state index is 11.3. The highest BCUT2D eigenvalue weighted by atomic mass is 16.4. The molecule has 0 bridgehead atoms. The SMILES string of the molecule is CCN(CC)c1cc(=O)n(C)c(=O)o1. The summed E-state index contributed by atoms with van der Waals surface area (Å²) in [5.41, 5.74) is -0.344. The van der Waals surface area contributed by atoms with Crippen LogP contribution in [0.15, 0.2) is 20.1 Å². The largest absolute Gasteiger partial charge is 0.423 e. The minimum Gasteiger partial charge on any atom is -0.393 e. The molecule has 0 N–H and O–H groups in total. The molecule has 1 rings (SSSR count). The third-order valence-corrected chi connectivity index (χ3v) is 2.12. The van der Waals surface area contributed by atoms with Gasteiger partial charge in [0.2, 0.25) is 5.88 Å². The van der Waals surface area contributed by atoms with Crippen molar-refractivity contribution >= 4 is 5.88 Å². The van der Waals surface area contributed by atoms with Crippen molar-refractivity contribution in [1.82, 2.24) is 4.57 Å². The van der Waals surface area contributed by atoms with Gasteiger partial charge >= 0.3 is 5.76 Å². The molecule has 78 valence electrons.